The van der Waals surface area contributed by atoms with Crippen molar-refractivity contribution in [1.82, 2.24) is 39.0 Å². The molecule has 3 aliphatic rings. The lowest BCUT2D eigenvalue weighted by atomic mass is 10.1. The number of ether oxygens (including phenoxy) is 2. The fourth-order valence-electron chi connectivity index (χ4n) is 5.49. The van der Waals surface area contributed by atoms with Crippen LogP contribution < -0.4 is 16.9 Å². The summed E-state index contributed by atoms with van der Waals surface area (Å²) in [5.41, 5.74) is 1.97. The minimum absolute atomic E-state index is 0.0499. The van der Waals surface area contributed by atoms with Crippen LogP contribution >= 0.6 is 27.7 Å². The number of H-pyrrole nitrogens is 2. The van der Waals surface area contributed by atoms with Crippen LogP contribution in [0.2, 0.25) is 0 Å². The second-order valence-electron chi connectivity index (χ2n) is 10.3. The smallest absolute Gasteiger partial charge is 0.387 e. The summed E-state index contributed by atoms with van der Waals surface area (Å²) in [6.45, 7) is -0.807. The molecule has 1 aliphatic carbocycles. The van der Waals surface area contributed by atoms with Crippen molar-refractivity contribution >= 4 is 56.0 Å². The number of phosphoric acid groups is 1. The zero-order valence-electron chi connectivity index (χ0n) is 22.1. The first-order chi connectivity index (χ1) is 21.3. The number of hydrogen-bond donors (Lipinski definition) is 7. The lowest BCUT2D eigenvalue weighted by molar-refractivity contribution is -0.0965. The largest absolute Gasteiger partial charge is 0.472 e. The van der Waals surface area contributed by atoms with Gasteiger partial charge >= 0.3 is 16.1 Å². The minimum atomic E-state index is -5.18. The van der Waals surface area contributed by atoms with Crippen LogP contribution in [0.4, 0.5) is 5.95 Å². The van der Waals surface area contributed by atoms with Crippen LogP contribution in [-0.4, -0.2) is 107 Å². The first kappa shape index (κ1) is 30.5. The third-order valence-electron chi connectivity index (χ3n) is 7.62. The Balaban J connectivity index is 1.12. The molecule has 22 nitrogen and oxygen atoms in total. The van der Waals surface area contributed by atoms with E-state index in [1.54, 1.807) is 0 Å². The summed E-state index contributed by atoms with van der Waals surface area (Å²) < 4.78 is 54.2. The number of nitrogen functional groups attached to an aromatic ring is 1. The Bertz CT molecular complexity index is 2000. The lowest BCUT2D eigenvalue weighted by Crippen LogP contribution is -2.39. The van der Waals surface area contributed by atoms with E-state index < -0.39 is 87.8 Å². The first-order valence-corrected chi connectivity index (χ1v) is 16.0. The highest BCUT2D eigenvalue weighted by atomic mass is 35.5. The SMILES string of the molecule is Nc1nc2c(ncn2[C@@H]2O[C@@H]3C(O)[C@]3(O)[C@H]2OP(=O)(O)OC[C@H]2O[C@@H](n3cnc4c(=O)[nH]cnc43)[C@@H](Cl)[C@@H]2O[PH](=O)O)c(=O)[nH]1. The Hall–Kier alpha value is -3.11. The zero-order chi connectivity index (χ0) is 32.0. The van der Waals surface area contributed by atoms with Crippen molar-refractivity contribution < 1.29 is 52.2 Å². The van der Waals surface area contributed by atoms with Crippen molar-refractivity contribution in [2.45, 2.75) is 54.0 Å². The zero-order valence-corrected chi connectivity index (χ0v) is 24.8. The van der Waals surface area contributed by atoms with Gasteiger partial charge in [-0.05, 0) is 0 Å². The van der Waals surface area contributed by atoms with Crippen molar-refractivity contribution in [3.05, 3.63) is 39.7 Å². The van der Waals surface area contributed by atoms with E-state index in [1.807, 2.05) is 0 Å². The van der Waals surface area contributed by atoms with Crippen LogP contribution in [0.1, 0.15) is 12.5 Å². The van der Waals surface area contributed by atoms with Gasteiger partial charge in [0.1, 0.15) is 35.9 Å². The van der Waals surface area contributed by atoms with Crippen LogP contribution in [-0.2, 0) is 32.2 Å². The van der Waals surface area contributed by atoms with E-state index in [9.17, 15) is 38.7 Å². The predicted molar refractivity (Wildman–Crippen MR) is 146 cm³/mol. The summed E-state index contributed by atoms with van der Waals surface area (Å²) in [4.78, 5) is 65.0. The highest BCUT2D eigenvalue weighted by Crippen LogP contribution is 2.60. The molecule has 25 heteroatoms. The van der Waals surface area contributed by atoms with Crippen molar-refractivity contribution in [3.8, 4) is 0 Å². The molecule has 4 aromatic rings. The molecule has 0 aromatic carbocycles. The number of aliphatic hydroxyl groups is 2. The predicted octanol–water partition coefficient (Wildman–Crippen LogP) is -2.39. The summed E-state index contributed by atoms with van der Waals surface area (Å²) in [5.74, 6) is -0.272. The summed E-state index contributed by atoms with van der Waals surface area (Å²) in [6.07, 6.45) is -6.49. The standard InChI is InChI=1S/C20H22ClN9O13P2/c21-6-9(42-44(35)36)5(40-17(6)29-3-25-7-13(29)23-2-24-15(7)32)1-39-45(37,38)43-12-18(41-11-10(31)20(11,12)34)30-4-26-8-14(30)27-19(22)28-16(8)33/h2-6,9-12,17-18,31,34,44H,1H2,(H,35,36)(H,37,38)(H,23,24,32)(H3,22,27,28,33)/t5-,6+,9-,10?,11-,12+,17-,18-,20-/m1/s1. The summed E-state index contributed by atoms with van der Waals surface area (Å²) in [7, 11) is -8.80. The normalized spacial score (nSPS) is 34.7. The number of phosphoric ester groups is 1. The van der Waals surface area contributed by atoms with Gasteiger partial charge in [0.05, 0.1) is 25.6 Å². The molecule has 2 saturated heterocycles. The highest BCUT2D eigenvalue weighted by molar-refractivity contribution is 7.47. The van der Waals surface area contributed by atoms with E-state index in [2.05, 4.69) is 29.9 Å². The molecule has 3 unspecified atom stereocenters. The number of nitrogens with two attached hydrogens (primary N) is 1. The molecule has 0 radical (unpaired) electrons. The Morgan fingerprint density at radius 1 is 1.13 bits per heavy atom. The average Bonchev–Trinajstić information content (AvgIpc) is 3.52. The number of rotatable bonds is 9. The van der Waals surface area contributed by atoms with Crippen molar-refractivity contribution in [1.29, 1.82) is 0 Å². The first-order valence-electron chi connectivity index (χ1n) is 12.8. The maximum absolute atomic E-state index is 13.2. The van der Waals surface area contributed by atoms with E-state index in [4.69, 9.17) is 40.4 Å². The van der Waals surface area contributed by atoms with E-state index >= 15 is 0 Å². The highest BCUT2D eigenvalue weighted by Gasteiger charge is 2.78. The number of aliphatic hydroxyl groups excluding tert-OH is 1. The molecule has 0 amide bonds. The van der Waals surface area contributed by atoms with Gasteiger partial charge in [0, 0.05) is 0 Å². The molecule has 11 atom stereocenters. The lowest BCUT2D eigenvalue weighted by Gasteiger charge is -2.28. The Labute approximate surface area is 253 Å². The molecular weight excluding hydrogens is 672 g/mol. The van der Waals surface area contributed by atoms with Gasteiger partial charge in [-0.2, -0.15) is 4.98 Å². The number of nitrogens with zero attached hydrogens (tertiary/aromatic N) is 6. The monoisotopic (exact) mass is 693 g/mol. The molecule has 6 heterocycles. The van der Waals surface area contributed by atoms with Gasteiger partial charge in [-0.25, -0.2) is 19.5 Å². The van der Waals surface area contributed by atoms with Crippen molar-refractivity contribution in [3.63, 3.8) is 0 Å². The topological polar surface area (TPSA) is 314 Å². The van der Waals surface area contributed by atoms with Crippen LogP contribution in [0.15, 0.2) is 28.6 Å². The van der Waals surface area contributed by atoms with E-state index in [-0.39, 0.29) is 28.3 Å². The molecule has 0 spiro atoms. The number of alkyl halides is 1. The van der Waals surface area contributed by atoms with E-state index in [1.165, 1.54) is 10.9 Å². The Morgan fingerprint density at radius 3 is 2.53 bits per heavy atom. The van der Waals surface area contributed by atoms with Crippen LogP contribution in [0.5, 0.6) is 0 Å². The molecule has 242 valence electrons. The maximum Gasteiger partial charge on any atom is 0.472 e. The third-order valence-corrected chi connectivity index (χ3v) is 9.53. The number of fused-ring (bicyclic) bond motifs is 3. The molecule has 0 bridgehead atoms. The number of nitrogens with one attached hydrogen (secondary N) is 2. The van der Waals surface area contributed by atoms with Crippen molar-refractivity contribution in [2.75, 3.05) is 12.3 Å². The van der Waals surface area contributed by atoms with Crippen molar-refractivity contribution in [2.24, 2.45) is 0 Å². The molecule has 45 heavy (non-hydrogen) atoms. The number of imidazole rings is 2. The molecule has 8 N–H and O–H groups in total. The summed E-state index contributed by atoms with van der Waals surface area (Å²) >= 11 is 6.52. The molecule has 7 rings (SSSR count). The fraction of sp³-hybridized carbons (Fsp3) is 0.500. The quantitative estimate of drug-likeness (QED) is 0.0710. The summed E-state index contributed by atoms with van der Waals surface area (Å²) in [5, 5.41) is 20.0. The second kappa shape index (κ2) is 10.7. The molecule has 4 aromatic heterocycles. The van der Waals surface area contributed by atoms with Crippen LogP contribution in [0, 0.1) is 0 Å². The molecule has 2 aliphatic heterocycles. The average molecular weight is 694 g/mol. The fourth-order valence-corrected chi connectivity index (χ4v) is 7.45. The van der Waals surface area contributed by atoms with Gasteiger partial charge in [0.15, 0.2) is 40.4 Å². The Morgan fingerprint density at radius 2 is 1.82 bits per heavy atom. The number of anilines is 1. The van der Waals surface area contributed by atoms with Gasteiger partial charge in [-0.3, -0.25) is 37.3 Å². The number of halogens is 1. The van der Waals surface area contributed by atoms with Gasteiger partial charge in [0.2, 0.25) is 5.95 Å². The van der Waals surface area contributed by atoms with Gasteiger partial charge in [-0.1, -0.05) is 0 Å². The minimum Gasteiger partial charge on any atom is -0.387 e. The van der Waals surface area contributed by atoms with Crippen LogP contribution in [0.3, 0.4) is 0 Å². The number of hydrogen-bond acceptors (Lipinski definition) is 16. The molecule has 3 fully saturated rings. The molecular formula is C20H22ClN9O13P2. The van der Waals surface area contributed by atoms with Gasteiger partial charge in [0.25, 0.3) is 11.1 Å². The van der Waals surface area contributed by atoms with E-state index in [0.717, 1.165) is 17.2 Å². The third kappa shape index (κ3) is 4.94. The second-order valence-corrected chi connectivity index (χ2v) is 12.9. The van der Waals surface area contributed by atoms with Gasteiger partial charge < -0.3 is 44.7 Å². The Kier molecular flexibility index (Phi) is 7.28. The van der Waals surface area contributed by atoms with Crippen LogP contribution in [0.25, 0.3) is 22.3 Å². The maximum atomic E-state index is 13.2. The van der Waals surface area contributed by atoms with Gasteiger partial charge in [-0.15, -0.1) is 11.6 Å². The molecule has 1 saturated carbocycles. The number of aromatic amines is 2. The van der Waals surface area contributed by atoms with E-state index in [0.29, 0.717) is 0 Å². The number of aromatic nitrogens is 8. The summed E-state index contributed by atoms with van der Waals surface area (Å²) in [6, 6.07) is 0.